The second kappa shape index (κ2) is 6.13. The lowest BCUT2D eigenvalue weighted by Crippen LogP contribution is -2.29. The van der Waals surface area contributed by atoms with E-state index < -0.39 is 21.9 Å². The lowest BCUT2D eigenvalue weighted by atomic mass is 10.1. The molecule has 0 spiro atoms. The highest BCUT2D eigenvalue weighted by atomic mass is 32.2. The summed E-state index contributed by atoms with van der Waals surface area (Å²) in [6, 6.07) is 5.44. The monoisotopic (exact) mass is 324 g/mol. The SMILES string of the molecule is O=S1(=O)CCCC(COc2ccccc2OC(F)(F)F)C1. The molecule has 118 valence electrons. The summed E-state index contributed by atoms with van der Waals surface area (Å²) in [6.07, 6.45) is -3.56. The van der Waals surface area contributed by atoms with E-state index in [1.54, 1.807) is 0 Å². The van der Waals surface area contributed by atoms with Crippen LogP contribution in [0.5, 0.6) is 11.5 Å². The fraction of sp³-hybridized carbons (Fsp3) is 0.538. The molecular weight excluding hydrogens is 309 g/mol. The van der Waals surface area contributed by atoms with Gasteiger partial charge in [0.2, 0.25) is 0 Å². The molecule has 21 heavy (non-hydrogen) atoms. The Bertz CT molecular complexity index is 583. The van der Waals surface area contributed by atoms with Crippen molar-refractivity contribution in [2.75, 3.05) is 18.1 Å². The van der Waals surface area contributed by atoms with Crippen LogP contribution in [0.1, 0.15) is 12.8 Å². The summed E-state index contributed by atoms with van der Waals surface area (Å²) in [5.74, 6) is -0.504. The summed E-state index contributed by atoms with van der Waals surface area (Å²) in [5, 5.41) is 0. The summed E-state index contributed by atoms with van der Waals surface area (Å²) >= 11 is 0. The maximum absolute atomic E-state index is 12.3. The fourth-order valence-corrected chi connectivity index (χ4v) is 3.99. The Labute approximate surface area is 120 Å². The number of sulfone groups is 1. The number of hydrogen-bond acceptors (Lipinski definition) is 4. The number of hydrogen-bond donors (Lipinski definition) is 0. The molecule has 1 aliphatic heterocycles. The van der Waals surface area contributed by atoms with E-state index in [-0.39, 0.29) is 29.8 Å². The topological polar surface area (TPSA) is 52.6 Å². The maximum Gasteiger partial charge on any atom is 0.573 e. The molecule has 0 N–H and O–H groups in total. The van der Waals surface area contributed by atoms with Gasteiger partial charge in [0.05, 0.1) is 18.1 Å². The first-order valence-electron chi connectivity index (χ1n) is 6.43. The van der Waals surface area contributed by atoms with Gasteiger partial charge >= 0.3 is 6.36 Å². The van der Waals surface area contributed by atoms with Gasteiger partial charge < -0.3 is 9.47 Å². The molecule has 1 aromatic rings. The van der Waals surface area contributed by atoms with Gasteiger partial charge in [0.25, 0.3) is 0 Å². The maximum atomic E-state index is 12.3. The first kappa shape index (κ1) is 15.9. The van der Waals surface area contributed by atoms with Gasteiger partial charge in [-0.15, -0.1) is 13.2 Å². The number of ether oxygens (including phenoxy) is 2. The van der Waals surface area contributed by atoms with Gasteiger partial charge in [0.1, 0.15) is 0 Å². The van der Waals surface area contributed by atoms with Crippen LogP contribution < -0.4 is 9.47 Å². The van der Waals surface area contributed by atoms with Crippen LogP contribution in [-0.2, 0) is 9.84 Å². The van der Waals surface area contributed by atoms with Crippen LogP contribution >= 0.6 is 0 Å². The van der Waals surface area contributed by atoms with E-state index in [4.69, 9.17) is 4.74 Å². The minimum Gasteiger partial charge on any atom is -0.489 e. The van der Waals surface area contributed by atoms with Crippen molar-refractivity contribution in [3.05, 3.63) is 24.3 Å². The molecule has 0 bridgehead atoms. The zero-order valence-electron chi connectivity index (χ0n) is 11.1. The largest absolute Gasteiger partial charge is 0.573 e. The summed E-state index contributed by atoms with van der Waals surface area (Å²) in [5.41, 5.74) is 0. The molecule has 1 aliphatic rings. The Morgan fingerprint density at radius 2 is 1.86 bits per heavy atom. The van der Waals surface area contributed by atoms with Crippen molar-refractivity contribution in [3.8, 4) is 11.5 Å². The number of rotatable bonds is 4. The van der Waals surface area contributed by atoms with Crippen molar-refractivity contribution in [2.45, 2.75) is 19.2 Å². The molecule has 4 nitrogen and oxygen atoms in total. The van der Waals surface area contributed by atoms with E-state index in [2.05, 4.69) is 4.74 Å². The van der Waals surface area contributed by atoms with E-state index in [1.807, 2.05) is 0 Å². The Morgan fingerprint density at radius 1 is 1.19 bits per heavy atom. The van der Waals surface area contributed by atoms with E-state index >= 15 is 0 Å². The highest BCUT2D eigenvalue weighted by Crippen LogP contribution is 2.32. The molecule has 1 aromatic carbocycles. The molecule has 1 unspecified atom stereocenters. The summed E-state index contributed by atoms with van der Waals surface area (Å²) in [6.45, 7) is 0.0530. The van der Waals surface area contributed by atoms with Gasteiger partial charge in [-0.25, -0.2) is 8.42 Å². The smallest absolute Gasteiger partial charge is 0.489 e. The zero-order valence-corrected chi connectivity index (χ0v) is 11.9. The number of benzene rings is 1. The van der Waals surface area contributed by atoms with Crippen molar-refractivity contribution in [3.63, 3.8) is 0 Å². The second-order valence-corrected chi connectivity index (χ2v) is 7.16. The van der Waals surface area contributed by atoms with Crippen LogP contribution in [0.25, 0.3) is 0 Å². The first-order chi connectivity index (χ1) is 9.75. The summed E-state index contributed by atoms with van der Waals surface area (Å²) in [7, 11) is -3.07. The predicted octanol–water partition coefficient (Wildman–Crippen LogP) is 2.79. The zero-order chi connectivity index (χ0) is 15.5. The third-order valence-electron chi connectivity index (χ3n) is 3.11. The van der Waals surface area contributed by atoms with Crippen LogP contribution in [0.3, 0.4) is 0 Å². The third kappa shape index (κ3) is 5.11. The highest BCUT2D eigenvalue weighted by Gasteiger charge is 2.32. The molecule has 1 atom stereocenters. The lowest BCUT2D eigenvalue weighted by molar-refractivity contribution is -0.275. The minimum atomic E-state index is -4.80. The molecule has 0 radical (unpaired) electrons. The quantitative estimate of drug-likeness (QED) is 0.854. The van der Waals surface area contributed by atoms with E-state index in [0.29, 0.717) is 12.8 Å². The van der Waals surface area contributed by atoms with Gasteiger partial charge in [0, 0.05) is 5.92 Å². The Balaban J connectivity index is 2.00. The summed E-state index contributed by atoms with van der Waals surface area (Å²) < 4.78 is 69.0. The molecule has 0 aliphatic carbocycles. The lowest BCUT2D eigenvalue weighted by Gasteiger charge is -2.22. The number of para-hydroxylation sites is 2. The molecule has 0 aromatic heterocycles. The van der Waals surface area contributed by atoms with Crippen LogP contribution in [0.4, 0.5) is 13.2 Å². The fourth-order valence-electron chi connectivity index (χ4n) is 2.24. The first-order valence-corrected chi connectivity index (χ1v) is 8.25. The minimum absolute atomic E-state index is 0.00922. The normalized spacial score (nSPS) is 21.8. The van der Waals surface area contributed by atoms with Gasteiger partial charge in [-0.1, -0.05) is 12.1 Å². The van der Waals surface area contributed by atoms with Gasteiger partial charge in [0.15, 0.2) is 21.3 Å². The van der Waals surface area contributed by atoms with E-state index in [1.165, 1.54) is 18.2 Å². The molecular formula is C13H15F3O4S. The van der Waals surface area contributed by atoms with Crippen molar-refractivity contribution >= 4 is 9.84 Å². The van der Waals surface area contributed by atoms with Gasteiger partial charge in [-0.2, -0.15) is 0 Å². The molecule has 1 saturated heterocycles. The molecule has 1 fully saturated rings. The summed E-state index contributed by atoms with van der Waals surface area (Å²) in [4.78, 5) is 0. The van der Waals surface area contributed by atoms with Crippen molar-refractivity contribution < 1.29 is 31.1 Å². The molecule has 0 saturated carbocycles. The highest BCUT2D eigenvalue weighted by molar-refractivity contribution is 7.91. The van der Waals surface area contributed by atoms with Crippen LogP contribution in [-0.4, -0.2) is 32.9 Å². The van der Waals surface area contributed by atoms with Crippen molar-refractivity contribution in [1.82, 2.24) is 0 Å². The predicted molar refractivity (Wildman–Crippen MR) is 70.0 cm³/mol. The molecule has 2 rings (SSSR count). The molecule has 0 amide bonds. The second-order valence-electron chi connectivity index (χ2n) is 4.93. The van der Waals surface area contributed by atoms with Gasteiger partial charge in [-0.05, 0) is 25.0 Å². The van der Waals surface area contributed by atoms with E-state index in [9.17, 15) is 21.6 Å². The Hall–Kier alpha value is -1.44. The standard InChI is InChI=1S/C13H15F3O4S/c14-13(15,16)20-12-6-2-1-5-11(12)19-8-10-4-3-7-21(17,18)9-10/h1-2,5-6,10H,3-4,7-9H2. The Morgan fingerprint density at radius 3 is 2.48 bits per heavy atom. The van der Waals surface area contributed by atoms with Crippen molar-refractivity contribution in [1.29, 1.82) is 0 Å². The molecule has 1 heterocycles. The van der Waals surface area contributed by atoms with Crippen LogP contribution in [0.15, 0.2) is 24.3 Å². The number of alkyl halides is 3. The third-order valence-corrected chi connectivity index (χ3v) is 5.00. The van der Waals surface area contributed by atoms with Crippen LogP contribution in [0.2, 0.25) is 0 Å². The Kier molecular flexibility index (Phi) is 4.65. The number of halogens is 3. The average Bonchev–Trinajstić information content (AvgIpc) is 2.35. The van der Waals surface area contributed by atoms with E-state index in [0.717, 1.165) is 6.07 Å². The van der Waals surface area contributed by atoms with Crippen LogP contribution in [0, 0.1) is 5.92 Å². The molecule has 8 heteroatoms. The average molecular weight is 324 g/mol. The van der Waals surface area contributed by atoms with Crippen molar-refractivity contribution in [2.24, 2.45) is 5.92 Å². The van der Waals surface area contributed by atoms with Gasteiger partial charge in [-0.3, -0.25) is 0 Å².